The minimum absolute atomic E-state index is 0.0834. The van der Waals surface area contributed by atoms with Gasteiger partial charge in [-0.25, -0.2) is 0 Å². The summed E-state index contributed by atoms with van der Waals surface area (Å²) < 4.78 is 5.79. The lowest BCUT2D eigenvalue weighted by Gasteiger charge is -2.14. The van der Waals surface area contributed by atoms with Gasteiger partial charge in [0.15, 0.2) is 0 Å². The normalized spacial score (nSPS) is 12.5. The fourth-order valence-corrected chi connectivity index (χ4v) is 4.18. The Morgan fingerprint density at radius 1 is 0.657 bits per heavy atom. The van der Waals surface area contributed by atoms with Gasteiger partial charge in [0.05, 0.1) is 0 Å². The molecule has 1 N–H and O–H groups in total. The zero-order chi connectivity index (χ0) is 25.8. The van der Waals surface area contributed by atoms with Crippen molar-refractivity contribution < 1.29 is 19.4 Å². The summed E-state index contributed by atoms with van der Waals surface area (Å²) in [5.74, 6) is -0.811. The quantitative estimate of drug-likeness (QED) is 0.0741. The van der Waals surface area contributed by atoms with Crippen LogP contribution >= 0.6 is 0 Å². The average Bonchev–Trinajstić information content (AvgIpc) is 2.83. The average molecular weight is 493 g/mol. The SMILES string of the molecule is CCCC/C=C\C/C=C\C(CCCCCCC(=O)O)OC(=O)CCCCCCCCCCCCC. The van der Waals surface area contributed by atoms with Crippen LogP contribution < -0.4 is 0 Å². The molecule has 0 aliphatic rings. The van der Waals surface area contributed by atoms with Crippen molar-refractivity contribution in [3.8, 4) is 0 Å². The van der Waals surface area contributed by atoms with Crippen molar-refractivity contribution in [2.24, 2.45) is 0 Å². The molecule has 0 radical (unpaired) electrons. The fourth-order valence-electron chi connectivity index (χ4n) is 4.18. The van der Waals surface area contributed by atoms with Crippen LogP contribution in [-0.4, -0.2) is 23.1 Å². The lowest BCUT2D eigenvalue weighted by atomic mass is 10.1. The number of hydrogen-bond acceptors (Lipinski definition) is 3. The van der Waals surface area contributed by atoms with Gasteiger partial charge in [-0.15, -0.1) is 0 Å². The van der Waals surface area contributed by atoms with Crippen LogP contribution in [0.15, 0.2) is 24.3 Å². The second kappa shape index (κ2) is 27.0. The number of carbonyl (C=O) groups excluding carboxylic acids is 1. The highest BCUT2D eigenvalue weighted by Gasteiger charge is 2.11. The number of allylic oxidation sites excluding steroid dienone is 3. The number of ether oxygens (including phenoxy) is 1. The van der Waals surface area contributed by atoms with E-state index in [2.05, 4.69) is 32.1 Å². The Hall–Kier alpha value is -1.58. The highest BCUT2D eigenvalue weighted by atomic mass is 16.5. The number of carbonyl (C=O) groups is 2. The molecule has 0 aliphatic heterocycles. The molecule has 4 nitrogen and oxygen atoms in total. The van der Waals surface area contributed by atoms with Gasteiger partial charge in [0.1, 0.15) is 6.10 Å². The van der Waals surface area contributed by atoms with Gasteiger partial charge < -0.3 is 9.84 Å². The summed E-state index contributed by atoms with van der Waals surface area (Å²) in [5.41, 5.74) is 0. The largest absolute Gasteiger partial charge is 0.481 e. The molecule has 4 heteroatoms. The molecule has 0 amide bonds. The summed E-state index contributed by atoms with van der Waals surface area (Å²) in [6, 6.07) is 0. The van der Waals surface area contributed by atoms with Crippen molar-refractivity contribution in [3.63, 3.8) is 0 Å². The van der Waals surface area contributed by atoms with Crippen molar-refractivity contribution in [1.29, 1.82) is 0 Å². The Kier molecular flexibility index (Phi) is 25.8. The van der Waals surface area contributed by atoms with E-state index in [4.69, 9.17) is 9.84 Å². The summed E-state index contributed by atoms with van der Waals surface area (Å²) in [7, 11) is 0. The topological polar surface area (TPSA) is 63.6 Å². The summed E-state index contributed by atoms with van der Waals surface area (Å²) in [6.45, 7) is 4.46. The van der Waals surface area contributed by atoms with E-state index in [0.717, 1.165) is 57.8 Å². The Morgan fingerprint density at radius 3 is 1.80 bits per heavy atom. The van der Waals surface area contributed by atoms with Crippen molar-refractivity contribution in [3.05, 3.63) is 24.3 Å². The molecule has 0 saturated heterocycles. The highest BCUT2D eigenvalue weighted by Crippen LogP contribution is 2.15. The fraction of sp³-hybridized carbons (Fsp3) is 0.806. The molecule has 204 valence electrons. The first-order chi connectivity index (χ1) is 17.1. The van der Waals surface area contributed by atoms with Crippen LogP contribution in [-0.2, 0) is 14.3 Å². The van der Waals surface area contributed by atoms with Crippen LogP contribution in [0.3, 0.4) is 0 Å². The number of aliphatic carboxylic acids is 1. The zero-order valence-corrected chi connectivity index (χ0v) is 23.1. The number of unbranched alkanes of at least 4 members (excludes halogenated alkanes) is 15. The number of carboxylic acid groups (broad SMARTS) is 1. The maximum atomic E-state index is 12.4. The molecule has 0 aliphatic carbocycles. The maximum Gasteiger partial charge on any atom is 0.306 e. The van der Waals surface area contributed by atoms with Crippen LogP contribution in [0.1, 0.15) is 155 Å². The minimum Gasteiger partial charge on any atom is -0.481 e. The van der Waals surface area contributed by atoms with E-state index in [-0.39, 0.29) is 18.5 Å². The van der Waals surface area contributed by atoms with E-state index in [1.54, 1.807) is 0 Å². The number of esters is 1. The van der Waals surface area contributed by atoms with Gasteiger partial charge >= 0.3 is 11.9 Å². The Morgan fingerprint density at radius 2 is 1.20 bits per heavy atom. The molecular weight excluding hydrogens is 436 g/mol. The van der Waals surface area contributed by atoms with Gasteiger partial charge in [0.25, 0.3) is 0 Å². The van der Waals surface area contributed by atoms with E-state index >= 15 is 0 Å². The van der Waals surface area contributed by atoms with Crippen LogP contribution in [0, 0.1) is 0 Å². The molecule has 0 fully saturated rings. The number of hydrogen-bond donors (Lipinski definition) is 1. The van der Waals surface area contributed by atoms with Crippen LogP contribution in [0.5, 0.6) is 0 Å². The predicted octanol–water partition coefficient (Wildman–Crippen LogP) is 9.72. The molecule has 0 bridgehead atoms. The molecule has 1 atom stereocenters. The zero-order valence-electron chi connectivity index (χ0n) is 23.1. The molecule has 0 rings (SSSR count). The minimum atomic E-state index is -0.728. The molecule has 0 aromatic carbocycles. The van der Waals surface area contributed by atoms with Gasteiger partial charge in [0, 0.05) is 12.8 Å². The Balaban J connectivity index is 4.11. The second-order valence-electron chi connectivity index (χ2n) is 9.94. The third kappa shape index (κ3) is 26.9. The first-order valence-electron chi connectivity index (χ1n) is 14.8. The smallest absolute Gasteiger partial charge is 0.306 e. The third-order valence-corrected chi connectivity index (χ3v) is 6.41. The van der Waals surface area contributed by atoms with Gasteiger partial charge in [-0.05, 0) is 44.6 Å². The van der Waals surface area contributed by atoms with Crippen LogP contribution in [0.25, 0.3) is 0 Å². The van der Waals surface area contributed by atoms with Gasteiger partial charge in [0.2, 0.25) is 0 Å². The second-order valence-corrected chi connectivity index (χ2v) is 9.94. The molecule has 0 aromatic heterocycles. The third-order valence-electron chi connectivity index (χ3n) is 6.41. The first-order valence-corrected chi connectivity index (χ1v) is 14.8. The molecule has 0 aromatic rings. The lowest BCUT2D eigenvalue weighted by Crippen LogP contribution is -2.16. The van der Waals surface area contributed by atoms with Crippen molar-refractivity contribution in [2.75, 3.05) is 0 Å². The monoisotopic (exact) mass is 492 g/mol. The van der Waals surface area contributed by atoms with E-state index in [0.29, 0.717) is 6.42 Å². The van der Waals surface area contributed by atoms with Crippen LogP contribution in [0.2, 0.25) is 0 Å². The maximum absolute atomic E-state index is 12.4. The van der Waals surface area contributed by atoms with Gasteiger partial charge in [-0.3, -0.25) is 9.59 Å². The van der Waals surface area contributed by atoms with Gasteiger partial charge in [-0.2, -0.15) is 0 Å². The van der Waals surface area contributed by atoms with Crippen molar-refractivity contribution in [1.82, 2.24) is 0 Å². The molecule has 1 unspecified atom stereocenters. The Labute approximate surface area is 217 Å². The summed E-state index contributed by atoms with van der Waals surface area (Å²) in [4.78, 5) is 23.0. The van der Waals surface area contributed by atoms with Crippen LogP contribution in [0.4, 0.5) is 0 Å². The summed E-state index contributed by atoms with van der Waals surface area (Å²) in [5, 5.41) is 8.75. The van der Waals surface area contributed by atoms with Crippen molar-refractivity contribution >= 4 is 11.9 Å². The van der Waals surface area contributed by atoms with E-state index in [9.17, 15) is 9.59 Å². The highest BCUT2D eigenvalue weighted by molar-refractivity contribution is 5.69. The standard InChI is InChI=1S/C31H56O4/c1-3-5-7-9-11-12-13-14-16-18-24-28-31(34)35-29(25-21-17-15-10-8-6-4-2)26-22-19-20-23-27-30(32)33/h10,15,21,25,29H,3-9,11-14,16-20,22-24,26-28H2,1-2H3,(H,32,33)/b15-10-,25-21-. The first kappa shape index (κ1) is 33.4. The Bertz CT molecular complexity index is 538. The van der Waals surface area contributed by atoms with E-state index < -0.39 is 5.97 Å². The number of carboxylic acids is 1. The lowest BCUT2D eigenvalue weighted by molar-refractivity contribution is -0.147. The molecule has 0 saturated carbocycles. The van der Waals surface area contributed by atoms with Gasteiger partial charge in [-0.1, -0.05) is 122 Å². The molecule has 35 heavy (non-hydrogen) atoms. The molecule has 0 heterocycles. The van der Waals surface area contributed by atoms with E-state index in [1.165, 1.54) is 70.6 Å². The molecule has 0 spiro atoms. The van der Waals surface area contributed by atoms with E-state index in [1.807, 2.05) is 6.08 Å². The summed E-state index contributed by atoms with van der Waals surface area (Å²) in [6.07, 6.45) is 31.9. The molecular formula is C31H56O4. The summed E-state index contributed by atoms with van der Waals surface area (Å²) >= 11 is 0. The predicted molar refractivity (Wildman–Crippen MR) is 149 cm³/mol. The van der Waals surface area contributed by atoms with Crippen molar-refractivity contribution in [2.45, 2.75) is 161 Å². The number of rotatable bonds is 26.